The van der Waals surface area contributed by atoms with Crippen LogP contribution >= 0.6 is 15.9 Å². The number of rotatable bonds is 2. The summed E-state index contributed by atoms with van der Waals surface area (Å²) in [6.45, 7) is 3.89. The van der Waals surface area contributed by atoms with Gasteiger partial charge in [0, 0.05) is 23.9 Å². The van der Waals surface area contributed by atoms with Crippen molar-refractivity contribution in [2.24, 2.45) is 0 Å². The number of aromatic nitrogens is 2. The van der Waals surface area contributed by atoms with Crippen molar-refractivity contribution >= 4 is 21.7 Å². The molecule has 94 valence electrons. The van der Waals surface area contributed by atoms with Crippen molar-refractivity contribution in [3.63, 3.8) is 0 Å². The molecule has 0 atom stereocenters. The van der Waals surface area contributed by atoms with Gasteiger partial charge >= 0.3 is 0 Å². The molecule has 0 saturated heterocycles. The van der Waals surface area contributed by atoms with E-state index in [9.17, 15) is 4.39 Å². The molecule has 1 aromatic carbocycles. The minimum Gasteiger partial charge on any atom is -0.373 e. The van der Waals surface area contributed by atoms with Gasteiger partial charge in [-0.25, -0.2) is 14.4 Å². The van der Waals surface area contributed by atoms with E-state index in [4.69, 9.17) is 0 Å². The van der Waals surface area contributed by atoms with Crippen LogP contribution in [0, 0.1) is 19.7 Å². The highest BCUT2D eigenvalue weighted by Gasteiger charge is 2.10. The normalized spacial score (nSPS) is 10.5. The Hall–Kier alpha value is -1.49. The van der Waals surface area contributed by atoms with Gasteiger partial charge in [0.2, 0.25) is 0 Å². The zero-order valence-electron chi connectivity index (χ0n) is 10.4. The Morgan fingerprint density at radius 2 is 1.94 bits per heavy atom. The Bertz CT molecular complexity index is 599. The molecule has 0 aliphatic heterocycles. The minimum absolute atomic E-state index is 0.295. The molecule has 5 heteroatoms. The van der Waals surface area contributed by atoms with Gasteiger partial charge in [-0.1, -0.05) is 0 Å². The smallest absolute Gasteiger partial charge is 0.161 e. The molecule has 2 rings (SSSR count). The van der Waals surface area contributed by atoms with Crippen molar-refractivity contribution in [3.05, 3.63) is 39.7 Å². The van der Waals surface area contributed by atoms with E-state index in [1.165, 1.54) is 6.07 Å². The number of anilines is 1. The summed E-state index contributed by atoms with van der Waals surface area (Å²) in [5.74, 6) is 1.08. The van der Waals surface area contributed by atoms with Crippen LogP contribution in [-0.4, -0.2) is 17.0 Å². The second-order valence-corrected chi connectivity index (χ2v) is 4.84. The van der Waals surface area contributed by atoms with Gasteiger partial charge in [-0.2, -0.15) is 0 Å². The molecule has 0 unspecified atom stereocenters. The summed E-state index contributed by atoms with van der Waals surface area (Å²) in [5.41, 5.74) is 2.70. The van der Waals surface area contributed by atoms with Crippen LogP contribution in [0.5, 0.6) is 0 Å². The SMILES string of the molecule is CNc1nc(-c2ccc(F)c(Br)c2)nc(C)c1C. The largest absolute Gasteiger partial charge is 0.373 e. The van der Waals surface area contributed by atoms with E-state index in [-0.39, 0.29) is 5.82 Å². The lowest BCUT2D eigenvalue weighted by Crippen LogP contribution is -2.02. The number of aryl methyl sites for hydroxylation is 1. The molecule has 18 heavy (non-hydrogen) atoms. The van der Waals surface area contributed by atoms with Crippen molar-refractivity contribution < 1.29 is 4.39 Å². The molecule has 0 aliphatic rings. The average Bonchev–Trinajstić information content (AvgIpc) is 2.36. The average molecular weight is 310 g/mol. The van der Waals surface area contributed by atoms with Crippen molar-refractivity contribution in [1.29, 1.82) is 0 Å². The Balaban J connectivity index is 2.57. The van der Waals surface area contributed by atoms with Gasteiger partial charge in [0.25, 0.3) is 0 Å². The van der Waals surface area contributed by atoms with Gasteiger partial charge in [-0.3, -0.25) is 0 Å². The molecule has 0 fully saturated rings. The Morgan fingerprint density at radius 3 is 2.56 bits per heavy atom. The maximum absolute atomic E-state index is 13.2. The molecule has 2 aromatic rings. The van der Waals surface area contributed by atoms with E-state index in [1.54, 1.807) is 12.1 Å². The van der Waals surface area contributed by atoms with E-state index < -0.39 is 0 Å². The molecule has 0 radical (unpaired) electrons. The second-order valence-electron chi connectivity index (χ2n) is 3.99. The number of benzene rings is 1. The van der Waals surface area contributed by atoms with Gasteiger partial charge in [0.1, 0.15) is 11.6 Å². The molecular weight excluding hydrogens is 297 g/mol. The highest BCUT2D eigenvalue weighted by Crippen LogP contribution is 2.25. The number of nitrogens with one attached hydrogen (secondary N) is 1. The van der Waals surface area contributed by atoms with Gasteiger partial charge < -0.3 is 5.32 Å². The van der Waals surface area contributed by atoms with Crippen LogP contribution in [0.4, 0.5) is 10.2 Å². The van der Waals surface area contributed by atoms with Crippen LogP contribution < -0.4 is 5.32 Å². The van der Waals surface area contributed by atoms with Crippen LogP contribution in [0.1, 0.15) is 11.3 Å². The highest BCUT2D eigenvalue weighted by atomic mass is 79.9. The van der Waals surface area contributed by atoms with Crippen molar-refractivity contribution in [2.45, 2.75) is 13.8 Å². The first-order valence-electron chi connectivity index (χ1n) is 5.51. The van der Waals surface area contributed by atoms with Gasteiger partial charge in [0.05, 0.1) is 4.47 Å². The summed E-state index contributed by atoms with van der Waals surface area (Å²) >= 11 is 3.17. The first-order chi connectivity index (χ1) is 8.52. The van der Waals surface area contributed by atoms with Crippen LogP contribution in [0.2, 0.25) is 0 Å². The van der Waals surface area contributed by atoms with Crippen LogP contribution in [0.3, 0.4) is 0 Å². The van der Waals surface area contributed by atoms with Crippen LogP contribution in [0.25, 0.3) is 11.4 Å². The monoisotopic (exact) mass is 309 g/mol. The third kappa shape index (κ3) is 2.36. The lowest BCUT2D eigenvalue weighted by molar-refractivity contribution is 0.621. The molecule has 1 heterocycles. The van der Waals surface area contributed by atoms with E-state index in [2.05, 4.69) is 31.2 Å². The fourth-order valence-electron chi connectivity index (χ4n) is 1.64. The second kappa shape index (κ2) is 5.02. The summed E-state index contributed by atoms with van der Waals surface area (Å²) in [4.78, 5) is 8.86. The maximum Gasteiger partial charge on any atom is 0.161 e. The molecular formula is C13H13BrFN3. The zero-order chi connectivity index (χ0) is 13.3. The number of halogens is 2. The summed E-state index contributed by atoms with van der Waals surface area (Å²) in [6.07, 6.45) is 0. The third-order valence-corrected chi connectivity index (χ3v) is 3.41. The molecule has 1 N–H and O–H groups in total. The van der Waals surface area contributed by atoms with Crippen LogP contribution in [0.15, 0.2) is 22.7 Å². The summed E-state index contributed by atoms with van der Waals surface area (Å²) < 4.78 is 13.6. The number of hydrogen-bond donors (Lipinski definition) is 1. The number of hydrogen-bond acceptors (Lipinski definition) is 3. The van der Waals surface area contributed by atoms with E-state index >= 15 is 0 Å². The first-order valence-corrected chi connectivity index (χ1v) is 6.30. The lowest BCUT2D eigenvalue weighted by atomic mass is 10.2. The Kier molecular flexibility index (Phi) is 3.61. The maximum atomic E-state index is 13.2. The lowest BCUT2D eigenvalue weighted by Gasteiger charge is -2.10. The first kappa shape index (κ1) is 13.0. The van der Waals surface area contributed by atoms with Crippen molar-refractivity contribution in [2.75, 3.05) is 12.4 Å². The fraction of sp³-hybridized carbons (Fsp3) is 0.231. The summed E-state index contributed by atoms with van der Waals surface area (Å²) in [6, 6.07) is 4.75. The molecule has 0 amide bonds. The summed E-state index contributed by atoms with van der Waals surface area (Å²) in [5, 5.41) is 3.04. The molecule has 0 saturated carbocycles. The third-order valence-electron chi connectivity index (χ3n) is 2.80. The van der Waals surface area contributed by atoms with Gasteiger partial charge in [0.15, 0.2) is 5.82 Å². The predicted octanol–water partition coefficient (Wildman–Crippen LogP) is 3.70. The zero-order valence-corrected chi connectivity index (χ0v) is 12.0. The van der Waals surface area contributed by atoms with Crippen LogP contribution in [-0.2, 0) is 0 Å². The van der Waals surface area contributed by atoms with E-state index in [0.29, 0.717) is 10.3 Å². The quantitative estimate of drug-likeness (QED) is 0.919. The van der Waals surface area contributed by atoms with E-state index in [1.807, 2.05) is 20.9 Å². The van der Waals surface area contributed by atoms with Crippen molar-refractivity contribution in [1.82, 2.24) is 9.97 Å². The molecule has 0 aliphatic carbocycles. The molecule has 1 aromatic heterocycles. The Labute approximate surface area is 114 Å². The fourth-order valence-corrected chi connectivity index (χ4v) is 2.02. The molecule has 3 nitrogen and oxygen atoms in total. The molecule has 0 bridgehead atoms. The predicted molar refractivity (Wildman–Crippen MR) is 74.1 cm³/mol. The standard InChI is InChI=1S/C13H13BrFN3/c1-7-8(2)17-13(18-12(7)16-3)9-4-5-11(15)10(14)6-9/h4-6H,1-3H3,(H,16,17,18). The summed E-state index contributed by atoms with van der Waals surface area (Å²) in [7, 11) is 1.82. The number of nitrogens with zero attached hydrogens (tertiary/aromatic N) is 2. The highest BCUT2D eigenvalue weighted by molar-refractivity contribution is 9.10. The van der Waals surface area contributed by atoms with Gasteiger partial charge in [-0.15, -0.1) is 0 Å². The Morgan fingerprint density at radius 1 is 1.22 bits per heavy atom. The topological polar surface area (TPSA) is 37.8 Å². The minimum atomic E-state index is -0.295. The van der Waals surface area contributed by atoms with Gasteiger partial charge in [-0.05, 0) is 48.0 Å². The molecule has 0 spiro atoms. The van der Waals surface area contributed by atoms with E-state index in [0.717, 1.165) is 22.6 Å². The van der Waals surface area contributed by atoms with Crippen molar-refractivity contribution in [3.8, 4) is 11.4 Å².